The number of hydrogen-bond acceptors (Lipinski definition) is 8. The van der Waals surface area contributed by atoms with E-state index >= 15 is 0 Å². The van der Waals surface area contributed by atoms with Crippen LogP contribution in [0.3, 0.4) is 0 Å². The summed E-state index contributed by atoms with van der Waals surface area (Å²) < 4.78 is 48.8. The molecule has 3 aliphatic rings. The molecule has 1 amide bonds. The zero-order valence-electron chi connectivity index (χ0n) is 20.8. The van der Waals surface area contributed by atoms with Gasteiger partial charge >= 0.3 is 6.18 Å². The number of ether oxygens (including phenoxy) is 1. The molecule has 2 fully saturated rings. The summed E-state index contributed by atoms with van der Waals surface area (Å²) in [6.45, 7) is 6.96. The van der Waals surface area contributed by atoms with Crippen molar-refractivity contribution in [2.45, 2.75) is 32.1 Å². The van der Waals surface area contributed by atoms with E-state index in [1.165, 1.54) is 6.92 Å². The highest BCUT2D eigenvalue weighted by atomic mass is 35.5. The quantitative estimate of drug-likeness (QED) is 0.601. The Bertz CT molecular complexity index is 1240. The SMILES string of the molecule is Cc1cc(N)nc(-c2nc(N3CCN(C)C[C@@H]3C)c3c(c2Cl)OC[C@H]2CNCCN2C3=O)c1C(F)(F)F. The van der Waals surface area contributed by atoms with E-state index in [1.807, 2.05) is 18.9 Å². The summed E-state index contributed by atoms with van der Waals surface area (Å²) in [6, 6.07) is 0.847. The van der Waals surface area contributed by atoms with Crippen LogP contribution < -0.4 is 20.7 Å². The van der Waals surface area contributed by atoms with Crippen molar-refractivity contribution in [1.82, 2.24) is 25.1 Å². The summed E-state index contributed by atoms with van der Waals surface area (Å²) >= 11 is 6.74. The van der Waals surface area contributed by atoms with Gasteiger partial charge in [-0.05, 0) is 32.5 Å². The number of nitrogens with one attached hydrogen (secondary N) is 1. The first-order valence-electron chi connectivity index (χ1n) is 12.1. The standard InChI is InChI=1S/C24H29ClF3N7O2/c1-12-8-15(29)31-19(17(12)24(26,27)28)20-18(25)21-16(22(32-20)34-7-6-33(3)10-13(34)2)23(36)35-5-4-30-9-14(35)11-37-21/h8,13-14,30H,4-7,9-11H2,1-3H3,(H2,29,31)/t13-,14+/m0/s1. The van der Waals surface area contributed by atoms with Gasteiger partial charge in [-0.1, -0.05) is 11.6 Å². The van der Waals surface area contributed by atoms with Crippen molar-refractivity contribution in [2.24, 2.45) is 0 Å². The Labute approximate surface area is 217 Å². The molecule has 0 spiro atoms. The molecule has 0 aliphatic carbocycles. The number of aryl methyl sites for hydroxylation is 1. The van der Waals surface area contributed by atoms with Gasteiger partial charge in [0.05, 0.1) is 11.6 Å². The number of carbonyl (C=O) groups is 1. The van der Waals surface area contributed by atoms with E-state index in [-0.39, 0.29) is 63.8 Å². The fraction of sp³-hybridized carbons (Fsp3) is 0.542. The highest BCUT2D eigenvalue weighted by Crippen LogP contribution is 2.47. The first kappa shape index (κ1) is 25.8. The molecule has 2 aromatic rings. The van der Waals surface area contributed by atoms with Crippen molar-refractivity contribution >= 4 is 29.1 Å². The smallest absolute Gasteiger partial charge is 0.418 e. The third kappa shape index (κ3) is 4.55. The summed E-state index contributed by atoms with van der Waals surface area (Å²) in [6.07, 6.45) is -4.73. The lowest BCUT2D eigenvalue weighted by atomic mass is 10.0. The van der Waals surface area contributed by atoms with E-state index in [1.54, 1.807) is 4.90 Å². The van der Waals surface area contributed by atoms with Crippen molar-refractivity contribution in [3.8, 4) is 17.1 Å². The van der Waals surface area contributed by atoms with Crippen LogP contribution in [0.2, 0.25) is 5.02 Å². The number of piperazine rings is 2. The van der Waals surface area contributed by atoms with Crippen molar-refractivity contribution in [2.75, 3.05) is 63.6 Å². The molecule has 0 bridgehead atoms. The van der Waals surface area contributed by atoms with Gasteiger partial charge in [0.1, 0.15) is 40.2 Å². The normalized spacial score (nSPS) is 22.8. The number of pyridine rings is 2. The number of likely N-dealkylation sites (N-methyl/N-ethyl adjacent to an activating group) is 1. The zero-order valence-corrected chi connectivity index (χ0v) is 21.6. The molecule has 0 saturated carbocycles. The third-order valence-corrected chi connectivity index (χ3v) is 7.52. The minimum atomic E-state index is -4.73. The van der Waals surface area contributed by atoms with Gasteiger partial charge in [-0.2, -0.15) is 13.2 Å². The molecule has 0 radical (unpaired) electrons. The second kappa shape index (κ2) is 9.48. The Balaban J connectivity index is 1.78. The first-order valence-corrected chi connectivity index (χ1v) is 12.5. The van der Waals surface area contributed by atoms with Gasteiger partial charge in [-0.25, -0.2) is 9.97 Å². The van der Waals surface area contributed by atoms with Crippen LogP contribution in [0, 0.1) is 6.92 Å². The number of anilines is 2. The van der Waals surface area contributed by atoms with Gasteiger partial charge in [0.15, 0.2) is 5.75 Å². The van der Waals surface area contributed by atoms with Gasteiger partial charge in [0, 0.05) is 45.3 Å². The summed E-state index contributed by atoms with van der Waals surface area (Å²) in [5.74, 6) is -0.117. The average molecular weight is 540 g/mol. The molecular formula is C24H29ClF3N7O2. The molecular weight excluding hydrogens is 511 g/mol. The summed E-state index contributed by atoms with van der Waals surface area (Å²) in [7, 11) is 1.99. The number of nitrogen functional groups attached to an aromatic ring is 1. The predicted molar refractivity (Wildman–Crippen MR) is 134 cm³/mol. The molecule has 3 N–H and O–H groups in total. The number of rotatable bonds is 2. The number of fused-ring (bicyclic) bond motifs is 2. The van der Waals surface area contributed by atoms with Crippen LogP contribution in [0.4, 0.5) is 24.8 Å². The maximum atomic E-state index is 14.2. The number of carbonyl (C=O) groups excluding carboxylic acids is 1. The molecule has 5 heterocycles. The molecule has 0 unspecified atom stereocenters. The molecule has 9 nitrogen and oxygen atoms in total. The van der Waals surface area contributed by atoms with Gasteiger partial charge in [0.2, 0.25) is 0 Å². The summed E-state index contributed by atoms with van der Waals surface area (Å²) in [4.78, 5) is 28.4. The van der Waals surface area contributed by atoms with Gasteiger partial charge in [0.25, 0.3) is 5.91 Å². The minimum Gasteiger partial charge on any atom is -0.489 e. The Morgan fingerprint density at radius 1 is 1.19 bits per heavy atom. The Hall–Kier alpha value is -2.83. The Morgan fingerprint density at radius 3 is 2.65 bits per heavy atom. The molecule has 2 saturated heterocycles. The highest BCUT2D eigenvalue weighted by molar-refractivity contribution is 6.35. The van der Waals surface area contributed by atoms with E-state index < -0.39 is 17.4 Å². The van der Waals surface area contributed by atoms with Crippen LogP contribution in [-0.4, -0.2) is 90.7 Å². The molecule has 5 rings (SSSR count). The van der Waals surface area contributed by atoms with Crippen molar-refractivity contribution in [3.05, 3.63) is 27.8 Å². The maximum absolute atomic E-state index is 14.2. The Kier molecular flexibility index (Phi) is 6.61. The van der Waals surface area contributed by atoms with Crippen LogP contribution in [-0.2, 0) is 6.18 Å². The van der Waals surface area contributed by atoms with Crippen LogP contribution in [0.25, 0.3) is 11.4 Å². The molecule has 2 atom stereocenters. The molecule has 0 aromatic carbocycles. The van der Waals surface area contributed by atoms with Crippen molar-refractivity contribution in [3.63, 3.8) is 0 Å². The number of nitrogens with two attached hydrogens (primary N) is 1. The fourth-order valence-corrected chi connectivity index (χ4v) is 5.69. The first-order chi connectivity index (χ1) is 17.5. The number of amides is 1. The molecule has 37 heavy (non-hydrogen) atoms. The third-order valence-electron chi connectivity index (χ3n) is 7.17. The van der Waals surface area contributed by atoms with Gasteiger partial charge in [-0.3, -0.25) is 4.79 Å². The topological polar surface area (TPSA) is 99.8 Å². The van der Waals surface area contributed by atoms with Gasteiger partial charge in [-0.15, -0.1) is 0 Å². The van der Waals surface area contributed by atoms with Crippen molar-refractivity contribution in [1.29, 1.82) is 0 Å². The number of halogens is 4. The van der Waals surface area contributed by atoms with E-state index in [4.69, 9.17) is 22.1 Å². The lowest BCUT2D eigenvalue weighted by molar-refractivity contribution is -0.137. The number of aromatic nitrogens is 2. The average Bonchev–Trinajstić information content (AvgIpc) is 2.96. The monoisotopic (exact) mass is 539 g/mol. The molecule has 200 valence electrons. The second-order valence-electron chi connectivity index (χ2n) is 9.86. The minimum absolute atomic E-state index is 0.0298. The van der Waals surface area contributed by atoms with E-state index in [2.05, 4.69) is 20.2 Å². The highest BCUT2D eigenvalue weighted by Gasteiger charge is 2.42. The largest absolute Gasteiger partial charge is 0.489 e. The van der Waals surface area contributed by atoms with E-state index in [0.717, 1.165) is 6.07 Å². The van der Waals surface area contributed by atoms with Crippen LogP contribution in [0.1, 0.15) is 28.4 Å². The molecule has 3 aliphatic heterocycles. The van der Waals surface area contributed by atoms with E-state index in [0.29, 0.717) is 39.3 Å². The van der Waals surface area contributed by atoms with Crippen molar-refractivity contribution < 1.29 is 22.7 Å². The van der Waals surface area contributed by atoms with Crippen LogP contribution in [0.5, 0.6) is 5.75 Å². The zero-order chi connectivity index (χ0) is 26.6. The predicted octanol–water partition coefficient (Wildman–Crippen LogP) is 2.65. The summed E-state index contributed by atoms with van der Waals surface area (Å²) in [5, 5.41) is 3.06. The lowest BCUT2D eigenvalue weighted by Crippen LogP contribution is -2.55. The fourth-order valence-electron chi connectivity index (χ4n) is 5.40. The summed E-state index contributed by atoms with van der Waals surface area (Å²) in [5.41, 5.74) is 4.27. The van der Waals surface area contributed by atoms with Gasteiger partial charge < -0.3 is 30.5 Å². The number of hydrogen-bond donors (Lipinski definition) is 2. The Morgan fingerprint density at radius 2 is 1.95 bits per heavy atom. The molecule has 13 heteroatoms. The number of alkyl halides is 3. The maximum Gasteiger partial charge on any atom is 0.418 e. The van der Waals surface area contributed by atoms with E-state index in [9.17, 15) is 18.0 Å². The van der Waals surface area contributed by atoms with Crippen LogP contribution >= 0.6 is 11.6 Å². The second-order valence-corrected chi connectivity index (χ2v) is 10.2. The van der Waals surface area contributed by atoms with Crippen LogP contribution in [0.15, 0.2) is 6.07 Å². The molecule has 2 aromatic heterocycles. The number of nitrogens with zero attached hydrogens (tertiary/aromatic N) is 5. The lowest BCUT2D eigenvalue weighted by Gasteiger charge is -2.40.